The molecule has 1 aromatic carbocycles. The van der Waals surface area contributed by atoms with E-state index in [1.54, 1.807) is 25.6 Å². The topological polar surface area (TPSA) is 30.5 Å². The highest BCUT2D eigenvalue weighted by Gasteiger charge is 2.21. The Bertz CT molecular complexity index is 549. The van der Waals surface area contributed by atoms with Crippen LogP contribution in [0.3, 0.4) is 0 Å². The molecule has 0 aliphatic rings. The molecule has 1 heterocycles. The van der Waals surface area contributed by atoms with Gasteiger partial charge in [0, 0.05) is 21.8 Å². The van der Waals surface area contributed by atoms with Gasteiger partial charge in [0.15, 0.2) is 0 Å². The Morgan fingerprint density at radius 2 is 1.85 bits per heavy atom. The van der Waals surface area contributed by atoms with Crippen molar-refractivity contribution in [3.63, 3.8) is 0 Å². The fourth-order valence-corrected chi connectivity index (χ4v) is 3.79. The number of rotatable bonds is 6. The van der Waals surface area contributed by atoms with Gasteiger partial charge < -0.3 is 14.8 Å². The van der Waals surface area contributed by atoms with E-state index >= 15 is 0 Å². The average Bonchev–Trinajstić information content (AvgIpc) is 2.89. The monoisotopic (exact) mass is 355 g/mol. The molecule has 2 aromatic rings. The van der Waals surface area contributed by atoms with E-state index in [0.717, 1.165) is 28.0 Å². The third kappa shape index (κ3) is 3.16. The van der Waals surface area contributed by atoms with Crippen molar-refractivity contribution in [3.05, 3.63) is 44.6 Å². The van der Waals surface area contributed by atoms with Gasteiger partial charge in [-0.15, -0.1) is 11.3 Å². The van der Waals surface area contributed by atoms with Crippen LogP contribution in [-0.4, -0.2) is 21.3 Å². The highest BCUT2D eigenvalue weighted by atomic mass is 79.9. The number of nitrogens with one attached hydrogen (secondary N) is 1. The van der Waals surface area contributed by atoms with E-state index in [4.69, 9.17) is 9.47 Å². The van der Waals surface area contributed by atoms with Crippen LogP contribution >= 0.6 is 27.3 Å². The predicted octanol–water partition coefficient (Wildman–Crippen LogP) is 4.03. The number of thiophene rings is 1. The summed E-state index contributed by atoms with van der Waals surface area (Å²) in [6.07, 6.45) is 0.880. The maximum atomic E-state index is 5.49. The summed E-state index contributed by atoms with van der Waals surface area (Å²) in [5, 5.41) is 5.45. The van der Waals surface area contributed by atoms with Gasteiger partial charge in [0.2, 0.25) is 0 Å². The quantitative estimate of drug-likeness (QED) is 0.848. The molecule has 5 heteroatoms. The van der Waals surface area contributed by atoms with Gasteiger partial charge in [-0.25, -0.2) is 0 Å². The third-order valence-electron chi connectivity index (χ3n) is 3.24. The second-order valence-electron chi connectivity index (χ2n) is 4.31. The molecule has 1 unspecified atom stereocenters. The summed E-state index contributed by atoms with van der Waals surface area (Å²) < 4.78 is 12.1. The lowest BCUT2D eigenvalue weighted by atomic mass is 10.0. The van der Waals surface area contributed by atoms with Crippen molar-refractivity contribution in [2.45, 2.75) is 12.5 Å². The second kappa shape index (κ2) is 7.11. The first-order valence-electron chi connectivity index (χ1n) is 6.31. The van der Waals surface area contributed by atoms with Gasteiger partial charge in [0.1, 0.15) is 11.5 Å². The molecule has 0 radical (unpaired) electrons. The fraction of sp³-hybridized carbons (Fsp3) is 0.333. The molecule has 0 aliphatic carbocycles. The van der Waals surface area contributed by atoms with Crippen molar-refractivity contribution in [1.29, 1.82) is 0 Å². The summed E-state index contributed by atoms with van der Waals surface area (Å²) in [7, 11) is 5.33. The van der Waals surface area contributed by atoms with Gasteiger partial charge in [-0.3, -0.25) is 0 Å². The van der Waals surface area contributed by atoms with Crippen LogP contribution in [0.25, 0.3) is 0 Å². The van der Waals surface area contributed by atoms with Crippen LogP contribution in [0.2, 0.25) is 0 Å². The van der Waals surface area contributed by atoms with Crippen molar-refractivity contribution in [1.82, 2.24) is 5.32 Å². The summed E-state index contributed by atoms with van der Waals surface area (Å²) in [5.41, 5.74) is 1.06. The maximum absolute atomic E-state index is 5.49. The van der Waals surface area contributed by atoms with E-state index in [1.807, 2.05) is 25.2 Å². The van der Waals surface area contributed by atoms with E-state index in [0.29, 0.717) is 0 Å². The zero-order valence-corrected chi connectivity index (χ0v) is 14.2. The third-order valence-corrected chi connectivity index (χ3v) is 5.19. The minimum absolute atomic E-state index is 0.135. The van der Waals surface area contributed by atoms with Crippen LogP contribution in [0.5, 0.6) is 11.5 Å². The minimum Gasteiger partial charge on any atom is -0.496 e. The minimum atomic E-state index is 0.135. The molecule has 1 aromatic heterocycles. The molecular weight excluding hydrogens is 338 g/mol. The Hall–Kier alpha value is -1.04. The van der Waals surface area contributed by atoms with Crippen LogP contribution in [0, 0.1) is 0 Å². The first-order chi connectivity index (χ1) is 9.71. The summed E-state index contributed by atoms with van der Waals surface area (Å²) >= 11 is 5.33. The number of halogens is 1. The Kier molecular flexibility index (Phi) is 5.46. The largest absolute Gasteiger partial charge is 0.496 e. The van der Waals surface area contributed by atoms with E-state index < -0.39 is 0 Å². The molecule has 0 aliphatic heterocycles. The number of benzene rings is 1. The predicted molar refractivity (Wildman–Crippen MR) is 87.1 cm³/mol. The van der Waals surface area contributed by atoms with Gasteiger partial charge in [-0.2, -0.15) is 0 Å². The molecule has 2 rings (SSSR count). The van der Waals surface area contributed by atoms with Crippen LogP contribution in [0.4, 0.5) is 0 Å². The highest BCUT2D eigenvalue weighted by molar-refractivity contribution is 9.10. The van der Waals surface area contributed by atoms with Crippen molar-refractivity contribution < 1.29 is 9.47 Å². The van der Waals surface area contributed by atoms with Crippen LogP contribution in [-0.2, 0) is 6.42 Å². The number of hydrogen-bond donors (Lipinski definition) is 1. The van der Waals surface area contributed by atoms with E-state index in [1.165, 1.54) is 4.88 Å². The van der Waals surface area contributed by atoms with E-state index in [2.05, 4.69) is 32.7 Å². The molecule has 0 spiro atoms. The normalized spacial score (nSPS) is 12.2. The van der Waals surface area contributed by atoms with Gasteiger partial charge in [-0.05, 0) is 46.6 Å². The Balaban J connectivity index is 2.38. The second-order valence-corrected chi connectivity index (χ2v) is 6.17. The van der Waals surface area contributed by atoms with Gasteiger partial charge in [0.05, 0.1) is 19.8 Å². The van der Waals surface area contributed by atoms with E-state index in [9.17, 15) is 0 Å². The van der Waals surface area contributed by atoms with Crippen molar-refractivity contribution in [2.75, 3.05) is 21.3 Å². The Morgan fingerprint density at radius 3 is 2.30 bits per heavy atom. The average molecular weight is 356 g/mol. The number of methoxy groups -OCH3 is 2. The molecule has 1 N–H and O–H groups in total. The summed E-state index contributed by atoms with van der Waals surface area (Å²) in [6.45, 7) is 0. The molecule has 1 atom stereocenters. The maximum Gasteiger partial charge on any atom is 0.127 e. The standard InChI is InChI=1S/C15H18BrNO2S/c1-17-11(9-14-10(16)7-8-20-14)15-12(18-2)5-4-6-13(15)19-3/h4-8,11,17H,9H2,1-3H3. The van der Waals surface area contributed by atoms with Crippen LogP contribution in [0.1, 0.15) is 16.5 Å². The van der Waals surface area contributed by atoms with Crippen molar-refractivity contribution in [3.8, 4) is 11.5 Å². The molecule has 0 saturated heterocycles. The van der Waals surface area contributed by atoms with Gasteiger partial charge >= 0.3 is 0 Å². The SMILES string of the molecule is CNC(Cc1sccc1Br)c1c(OC)cccc1OC. The molecular formula is C15H18BrNO2S. The van der Waals surface area contributed by atoms with Crippen molar-refractivity contribution >= 4 is 27.3 Å². The number of ether oxygens (including phenoxy) is 2. The summed E-state index contributed by atoms with van der Waals surface area (Å²) in [5.74, 6) is 1.69. The molecule has 20 heavy (non-hydrogen) atoms. The number of likely N-dealkylation sites (N-methyl/N-ethyl adjacent to an activating group) is 1. The van der Waals surface area contributed by atoms with Crippen LogP contribution in [0.15, 0.2) is 34.1 Å². The smallest absolute Gasteiger partial charge is 0.127 e. The molecule has 0 bridgehead atoms. The molecule has 0 fully saturated rings. The lowest BCUT2D eigenvalue weighted by Crippen LogP contribution is -2.20. The molecule has 3 nitrogen and oxygen atoms in total. The lowest BCUT2D eigenvalue weighted by molar-refractivity contribution is 0.373. The first kappa shape index (κ1) is 15.4. The van der Waals surface area contributed by atoms with E-state index in [-0.39, 0.29) is 6.04 Å². The van der Waals surface area contributed by atoms with Gasteiger partial charge in [0.25, 0.3) is 0 Å². The fourth-order valence-electron chi connectivity index (χ4n) is 2.23. The van der Waals surface area contributed by atoms with Gasteiger partial charge in [-0.1, -0.05) is 6.07 Å². The Labute approximate surface area is 132 Å². The molecule has 0 amide bonds. The highest BCUT2D eigenvalue weighted by Crippen LogP contribution is 2.37. The summed E-state index contributed by atoms with van der Waals surface area (Å²) in [6, 6.07) is 8.08. The molecule has 108 valence electrons. The summed E-state index contributed by atoms with van der Waals surface area (Å²) in [4.78, 5) is 1.30. The molecule has 0 saturated carbocycles. The zero-order valence-electron chi connectivity index (χ0n) is 11.8. The first-order valence-corrected chi connectivity index (χ1v) is 7.98. The van der Waals surface area contributed by atoms with Crippen molar-refractivity contribution in [2.24, 2.45) is 0 Å². The lowest BCUT2D eigenvalue weighted by Gasteiger charge is -2.21. The van der Waals surface area contributed by atoms with Crippen LogP contribution < -0.4 is 14.8 Å². The number of hydrogen-bond acceptors (Lipinski definition) is 4. The Morgan fingerprint density at radius 1 is 1.20 bits per heavy atom. The zero-order chi connectivity index (χ0) is 14.5.